The molecule has 5 heteroatoms. The van der Waals surface area contributed by atoms with E-state index in [4.69, 9.17) is 14.2 Å². The molecule has 1 N–H and O–H groups in total. The summed E-state index contributed by atoms with van der Waals surface area (Å²) >= 11 is 2.27. The third-order valence-corrected chi connectivity index (χ3v) is 4.15. The van der Waals surface area contributed by atoms with Crippen LogP contribution in [0.5, 0.6) is 0 Å². The van der Waals surface area contributed by atoms with Gasteiger partial charge in [-0.05, 0) is 13.8 Å². The van der Waals surface area contributed by atoms with Crippen LogP contribution < -0.4 is 0 Å². The van der Waals surface area contributed by atoms with Gasteiger partial charge >= 0.3 is 0 Å². The number of alkyl halides is 1. The van der Waals surface area contributed by atoms with Crippen LogP contribution in [-0.4, -0.2) is 46.8 Å². The molecule has 1 heterocycles. The molecule has 2 fully saturated rings. The average Bonchev–Trinajstić information content (AvgIpc) is 2.55. The molecular weight excluding hydrogens is 311 g/mol. The lowest BCUT2D eigenvalue weighted by Crippen LogP contribution is -2.37. The number of halogens is 1. The minimum absolute atomic E-state index is 0.0446. The maximum absolute atomic E-state index is 10.0. The Hall–Kier alpha value is 0.570. The molecule has 0 unspecified atom stereocenters. The summed E-state index contributed by atoms with van der Waals surface area (Å²) in [4.78, 5) is 0. The summed E-state index contributed by atoms with van der Waals surface area (Å²) in [6.07, 6.45) is -0.939. The van der Waals surface area contributed by atoms with Crippen LogP contribution in [0.3, 0.4) is 0 Å². The summed E-state index contributed by atoms with van der Waals surface area (Å²) in [6.45, 7) is 3.79. The zero-order valence-corrected chi connectivity index (χ0v) is 11.3. The fourth-order valence-electron chi connectivity index (χ4n) is 2.49. The van der Waals surface area contributed by atoms with E-state index in [0.717, 1.165) is 4.43 Å². The van der Waals surface area contributed by atoms with Crippen LogP contribution in [0.1, 0.15) is 13.8 Å². The Balaban J connectivity index is 2.20. The minimum atomic E-state index is -0.559. The van der Waals surface area contributed by atoms with Crippen LogP contribution >= 0.6 is 22.6 Å². The number of fused-ring (bicyclic) bond motifs is 1. The molecule has 0 aromatic rings. The normalized spacial score (nSPS) is 48.2. The van der Waals surface area contributed by atoms with Gasteiger partial charge in [0.1, 0.15) is 12.2 Å². The molecule has 0 aromatic carbocycles. The first-order chi connectivity index (χ1) is 7.00. The van der Waals surface area contributed by atoms with Crippen molar-refractivity contribution in [1.82, 2.24) is 0 Å². The van der Waals surface area contributed by atoms with Crippen molar-refractivity contribution in [3.63, 3.8) is 0 Å². The summed E-state index contributed by atoms with van der Waals surface area (Å²) in [5, 5.41) is 10.0. The number of hydrogen-bond acceptors (Lipinski definition) is 4. The molecule has 1 saturated heterocycles. The SMILES string of the molecule is CO[C@H]1[C@@H](O)[C@@H](CI)[C@@H]2OC(C)(C)O[C@H]12. The van der Waals surface area contributed by atoms with E-state index in [-0.39, 0.29) is 24.2 Å². The van der Waals surface area contributed by atoms with Crippen LogP contribution in [-0.2, 0) is 14.2 Å². The van der Waals surface area contributed by atoms with Gasteiger partial charge in [0.2, 0.25) is 0 Å². The van der Waals surface area contributed by atoms with E-state index in [9.17, 15) is 5.11 Å². The number of hydrogen-bond donors (Lipinski definition) is 1. The molecule has 0 radical (unpaired) electrons. The van der Waals surface area contributed by atoms with Crippen LogP contribution in [0.25, 0.3) is 0 Å². The monoisotopic (exact) mass is 328 g/mol. The van der Waals surface area contributed by atoms with Gasteiger partial charge in [0.25, 0.3) is 0 Å². The molecule has 2 rings (SSSR count). The van der Waals surface area contributed by atoms with E-state index in [1.165, 1.54) is 0 Å². The second kappa shape index (κ2) is 4.10. The van der Waals surface area contributed by atoms with Crippen LogP contribution in [0, 0.1) is 5.92 Å². The summed E-state index contributed by atoms with van der Waals surface area (Å²) in [6, 6.07) is 0. The van der Waals surface area contributed by atoms with E-state index in [0.29, 0.717) is 0 Å². The van der Waals surface area contributed by atoms with Gasteiger partial charge in [-0.3, -0.25) is 0 Å². The van der Waals surface area contributed by atoms with Crippen LogP contribution in [0.2, 0.25) is 0 Å². The first kappa shape index (κ1) is 12.0. The quantitative estimate of drug-likeness (QED) is 0.606. The molecule has 2 aliphatic rings. The molecule has 0 bridgehead atoms. The summed E-state index contributed by atoms with van der Waals surface area (Å²) < 4.78 is 17.7. The molecular formula is C10H17IO4. The first-order valence-electron chi connectivity index (χ1n) is 5.12. The van der Waals surface area contributed by atoms with Crippen molar-refractivity contribution in [3.8, 4) is 0 Å². The highest BCUT2D eigenvalue weighted by Gasteiger charge is 2.58. The number of ether oxygens (including phenoxy) is 3. The first-order valence-corrected chi connectivity index (χ1v) is 6.65. The Morgan fingerprint density at radius 1 is 1.33 bits per heavy atom. The summed E-state index contributed by atoms with van der Waals surface area (Å²) in [7, 11) is 1.61. The minimum Gasteiger partial charge on any atom is -0.390 e. The standard InChI is InChI=1S/C10H17IO4/c1-10(2)14-7-5(4-11)6(12)8(13-3)9(7)15-10/h5-9,12H,4H2,1-3H3/t5-,6+,7+,8+,9+/m1/s1. The lowest BCUT2D eigenvalue weighted by atomic mass is 10.1. The van der Waals surface area contributed by atoms with Crippen molar-refractivity contribution in [2.75, 3.05) is 11.5 Å². The van der Waals surface area contributed by atoms with E-state index in [1.54, 1.807) is 7.11 Å². The lowest BCUT2D eigenvalue weighted by Gasteiger charge is -2.25. The smallest absolute Gasteiger partial charge is 0.163 e. The van der Waals surface area contributed by atoms with Gasteiger partial charge in [-0.15, -0.1) is 0 Å². The number of aliphatic hydroxyl groups is 1. The van der Waals surface area contributed by atoms with Crippen molar-refractivity contribution in [3.05, 3.63) is 0 Å². The third kappa shape index (κ3) is 1.93. The Morgan fingerprint density at radius 2 is 1.93 bits per heavy atom. The molecule has 0 amide bonds. The topological polar surface area (TPSA) is 47.9 Å². The third-order valence-electron chi connectivity index (χ3n) is 3.13. The molecule has 15 heavy (non-hydrogen) atoms. The van der Waals surface area contributed by atoms with E-state index < -0.39 is 11.9 Å². The highest BCUT2D eigenvalue weighted by molar-refractivity contribution is 14.1. The maximum atomic E-state index is 10.0. The number of rotatable bonds is 2. The Labute approximate surface area is 103 Å². The van der Waals surface area contributed by atoms with E-state index in [1.807, 2.05) is 13.8 Å². The van der Waals surface area contributed by atoms with Gasteiger partial charge in [0, 0.05) is 17.5 Å². The Kier molecular flexibility index (Phi) is 3.29. The predicted octanol–water partition coefficient (Wildman–Crippen LogP) is 0.947. The second-order valence-electron chi connectivity index (χ2n) is 4.57. The molecule has 1 aliphatic carbocycles. The molecule has 1 saturated carbocycles. The second-order valence-corrected chi connectivity index (χ2v) is 5.45. The van der Waals surface area contributed by atoms with Gasteiger partial charge in [-0.25, -0.2) is 0 Å². The Morgan fingerprint density at radius 3 is 2.47 bits per heavy atom. The van der Waals surface area contributed by atoms with Crippen molar-refractivity contribution in [1.29, 1.82) is 0 Å². The Bertz CT molecular complexity index is 224. The molecule has 1 aliphatic heterocycles. The predicted molar refractivity (Wildman–Crippen MR) is 63.0 cm³/mol. The van der Waals surface area contributed by atoms with Gasteiger partial charge in [0.15, 0.2) is 5.79 Å². The molecule has 0 aromatic heterocycles. The zero-order chi connectivity index (χ0) is 11.2. The molecule has 5 atom stereocenters. The van der Waals surface area contributed by atoms with E-state index in [2.05, 4.69) is 22.6 Å². The van der Waals surface area contributed by atoms with Gasteiger partial charge < -0.3 is 19.3 Å². The fourth-order valence-corrected chi connectivity index (χ4v) is 3.51. The zero-order valence-electron chi connectivity index (χ0n) is 9.14. The summed E-state index contributed by atoms with van der Waals surface area (Å²) in [5.41, 5.74) is 0. The largest absolute Gasteiger partial charge is 0.390 e. The van der Waals surface area contributed by atoms with Crippen LogP contribution in [0.15, 0.2) is 0 Å². The van der Waals surface area contributed by atoms with Gasteiger partial charge in [-0.2, -0.15) is 0 Å². The van der Waals surface area contributed by atoms with Gasteiger partial charge in [-0.1, -0.05) is 22.6 Å². The number of methoxy groups -OCH3 is 1. The lowest BCUT2D eigenvalue weighted by molar-refractivity contribution is -0.182. The molecule has 0 spiro atoms. The van der Waals surface area contributed by atoms with Crippen molar-refractivity contribution in [2.24, 2.45) is 5.92 Å². The van der Waals surface area contributed by atoms with Crippen molar-refractivity contribution >= 4 is 22.6 Å². The fraction of sp³-hybridized carbons (Fsp3) is 1.00. The molecule has 88 valence electrons. The van der Waals surface area contributed by atoms with Gasteiger partial charge in [0.05, 0.1) is 12.2 Å². The summed E-state index contributed by atoms with van der Waals surface area (Å²) in [5.74, 6) is -0.460. The van der Waals surface area contributed by atoms with Crippen LogP contribution in [0.4, 0.5) is 0 Å². The highest BCUT2D eigenvalue weighted by atomic mass is 127. The maximum Gasteiger partial charge on any atom is 0.163 e. The molecule has 4 nitrogen and oxygen atoms in total. The van der Waals surface area contributed by atoms with E-state index >= 15 is 0 Å². The van der Waals surface area contributed by atoms with Crippen molar-refractivity contribution in [2.45, 2.75) is 44.1 Å². The highest BCUT2D eigenvalue weighted by Crippen LogP contribution is 2.43. The van der Waals surface area contributed by atoms with Crippen molar-refractivity contribution < 1.29 is 19.3 Å². The average molecular weight is 328 g/mol. The number of aliphatic hydroxyl groups excluding tert-OH is 1.